The van der Waals surface area contributed by atoms with Gasteiger partial charge in [-0.1, -0.05) is 0 Å². The molecule has 2 unspecified atom stereocenters. The highest BCUT2D eigenvalue weighted by Crippen LogP contribution is 2.43. The van der Waals surface area contributed by atoms with Crippen molar-refractivity contribution in [2.45, 2.75) is 64.0 Å². The maximum Gasteiger partial charge on any atom is 0.401 e. The van der Waals surface area contributed by atoms with Crippen LogP contribution in [0.2, 0.25) is 0 Å². The molecule has 114 valence electrons. The molecule has 1 saturated heterocycles. The summed E-state index contributed by atoms with van der Waals surface area (Å²) in [4.78, 5) is 1.16. The average Bonchev–Trinajstić information content (AvgIpc) is 2.15. The van der Waals surface area contributed by atoms with Crippen LogP contribution in [0.1, 0.15) is 40.0 Å². The Morgan fingerprint density at radius 1 is 1.00 bits per heavy atom. The van der Waals surface area contributed by atoms with Crippen LogP contribution in [-0.4, -0.2) is 35.4 Å². The number of hydrogen-bond donors (Lipinski definition) is 0. The Kier molecular flexibility index (Phi) is 4.49. The number of nitrogens with zero attached hydrogens (tertiary/aromatic N) is 1. The van der Waals surface area contributed by atoms with Crippen molar-refractivity contribution in [3.05, 3.63) is 0 Å². The van der Waals surface area contributed by atoms with Crippen molar-refractivity contribution in [3.8, 4) is 0 Å². The van der Waals surface area contributed by atoms with Gasteiger partial charge in [0.15, 0.2) is 0 Å². The molecule has 0 aromatic rings. The lowest BCUT2D eigenvalue weighted by Crippen LogP contribution is -2.59. The Labute approximate surface area is 109 Å². The van der Waals surface area contributed by atoms with Gasteiger partial charge < -0.3 is 0 Å². The molecule has 1 heterocycles. The zero-order valence-electron chi connectivity index (χ0n) is 11.2. The molecular formula is C12H19F6N. The smallest absolute Gasteiger partial charge is 0.287 e. The number of piperidine rings is 1. The predicted molar refractivity (Wildman–Crippen MR) is 59.7 cm³/mol. The second-order valence-corrected chi connectivity index (χ2v) is 5.84. The molecule has 0 radical (unpaired) electrons. The second kappa shape index (κ2) is 5.14. The van der Waals surface area contributed by atoms with Gasteiger partial charge in [0.2, 0.25) is 0 Å². The van der Waals surface area contributed by atoms with Gasteiger partial charge >= 0.3 is 12.4 Å². The topological polar surface area (TPSA) is 3.24 Å². The molecule has 2 atom stereocenters. The minimum Gasteiger partial charge on any atom is -0.287 e. The van der Waals surface area contributed by atoms with Gasteiger partial charge in [-0.05, 0) is 39.5 Å². The van der Waals surface area contributed by atoms with Crippen molar-refractivity contribution in [2.24, 2.45) is 5.92 Å². The monoisotopic (exact) mass is 291 g/mol. The van der Waals surface area contributed by atoms with Crippen LogP contribution in [0.5, 0.6) is 0 Å². The summed E-state index contributed by atoms with van der Waals surface area (Å²) >= 11 is 0. The van der Waals surface area contributed by atoms with Crippen LogP contribution in [-0.2, 0) is 0 Å². The molecule has 0 N–H and O–H groups in total. The lowest BCUT2D eigenvalue weighted by molar-refractivity contribution is -0.192. The van der Waals surface area contributed by atoms with Crippen molar-refractivity contribution in [1.82, 2.24) is 4.90 Å². The van der Waals surface area contributed by atoms with E-state index in [1.54, 1.807) is 6.92 Å². The molecule has 1 fully saturated rings. The largest absolute Gasteiger partial charge is 0.401 e. The van der Waals surface area contributed by atoms with Gasteiger partial charge in [-0.25, -0.2) is 0 Å². The number of rotatable bonds is 2. The molecule has 7 heteroatoms. The van der Waals surface area contributed by atoms with Gasteiger partial charge in [-0.3, -0.25) is 4.90 Å². The van der Waals surface area contributed by atoms with Crippen molar-refractivity contribution in [1.29, 1.82) is 0 Å². The Balaban J connectivity index is 2.89. The van der Waals surface area contributed by atoms with Crippen molar-refractivity contribution < 1.29 is 26.3 Å². The highest BCUT2D eigenvalue weighted by Gasteiger charge is 2.49. The fourth-order valence-corrected chi connectivity index (χ4v) is 2.94. The van der Waals surface area contributed by atoms with Crippen LogP contribution in [0.3, 0.4) is 0 Å². The van der Waals surface area contributed by atoms with Crippen LogP contribution in [0, 0.1) is 5.92 Å². The summed E-state index contributed by atoms with van der Waals surface area (Å²) in [6.07, 6.45) is -9.10. The first-order valence-corrected chi connectivity index (χ1v) is 6.23. The van der Waals surface area contributed by atoms with E-state index in [4.69, 9.17) is 0 Å². The Hall–Kier alpha value is -0.460. The first kappa shape index (κ1) is 16.6. The molecule has 1 nitrogen and oxygen atoms in total. The third-order valence-corrected chi connectivity index (χ3v) is 4.03. The molecule has 0 aromatic carbocycles. The van der Waals surface area contributed by atoms with E-state index >= 15 is 0 Å². The third kappa shape index (κ3) is 4.54. The van der Waals surface area contributed by atoms with Crippen LogP contribution >= 0.6 is 0 Å². The van der Waals surface area contributed by atoms with E-state index in [-0.39, 0.29) is 6.04 Å². The van der Waals surface area contributed by atoms with E-state index in [1.807, 2.05) is 0 Å². The van der Waals surface area contributed by atoms with Gasteiger partial charge in [-0.15, -0.1) is 0 Å². The fourth-order valence-electron chi connectivity index (χ4n) is 2.94. The quantitative estimate of drug-likeness (QED) is 0.682. The van der Waals surface area contributed by atoms with Crippen LogP contribution in [0.25, 0.3) is 0 Å². The van der Waals surface area contributed by atoms with Crippen molar-refractivity contribution in [2.75, 3.05) is 6.54 Å². The van der Waals surface area contributed by atoms with E-state index in [0.717, 1.165) is 4.90 Å². The van der Waals surface area contributed by atoms with Gasteiger partial charge in [0.25, 0.3) is 0 Å². The summed E-state index contributed by atoms with van der Waals surface area (Å²) in [5.41, 5.74) is -1.11. The SMILES string of the molecule is CC1CCC(CC(F)(F)F)C(C)(C)N1CC(F)(F)F. The first-order chi connectivity index (χ1) is 8.33. The summed E-state index contributed by atoms with van der Waals surface area (Å²) in [7, 11) is 0. The molecule has 1 aliphatic rings. The van der Waals surface area contributed by atoms with Crippen LogP contribution in [0.15, 0.2) is 0 Å². The standard InChI is InChI=1S/C12H19F6N/c1-8-4-5-9(6-11(13,14)15)10(2,3)19(8)7-12(16,17)18/h8-9H,4-7H2,1-3H3. The highest BCUT2D eigenvalue weighted by molar-refractivity contribution is 4.97. The average molecular weight is 291 g/mol. The number of halogens is 6. The summed E-state index contributed by atoms with van der Waals surface area (Å²) in [6.45, 7) is 3.43. The Morgan fingerprint density at radius 3 is 1.95 bits per heavy atom. The number of hydrogen-bond acceptors (Lipinski definition) is 1. The second-order valence-electron chi connectivity index (χ2n) is 5.84. The summed E-state index contributed by atoms with van der Waals surface area (Å²) in [5.74, 6) is -0.800. The van der Waals surface area contributed by atoms with E-state index in [2.05, 4.69) is 0 Å². The first-order valence-electron chi connectivity index (χ1n) is 6.23. The lowest BCUT2D eigenvalue weighted by Gasteiger charge is -2.52. The summed E-state index contributed by atoms with van der Waals surface area (Å²) in [6, 6.07) is -0.360. The fraction of sp³-hybridized carbons (Fsp3) is 1.00. The zero-order valence-corrected chi connectivity index (χ0v) is 11.2. The van der Waals surface area contributed by atoms with Crippen LogP contribution < -0.4 is 0 Å². The van der Waals surface area contributed by atoms with Gasteiger partial charge in [-0.2, -0.15) is 26.3 Å². The molecule has 0 aliphatic carbocycles. The number of alkyl halides is 6. The maximum absolute atomic E-state index is 12.6. The molecule has 19 heavy (non-hydrogen) atoms. The number of likely N-dealkylation sites (tertiary alicyclic amines) is 1. The van der Waals surface area contributed by atoms with Crippen molar-refractivity contribution in [3.63, 3.8) is 0 Å². The maximum atomic E-state index is 12.6. The molecular weight excluding hydrogens is 272 g/mol. The molecule has 0 saturated carbocycles. The molecule has 0 bridgehead atoms. The predicted octanol–water partition coefficient (Wildman–Crippen LogP) is 4.38. The normalized spacial score (nSPS) is 29.5. The molecule has 1 aliphatic heterocycles. The van der Waals surface area contributed by atoms with E-state index in [0.29, 0.717) is 12.8 Å². The Morgan fingerprint density at radius 2 is 1.53 bits per heavy atom. The summed E-state index contributed by atoms with van der Waals surface area (Å²) in [5, 5.41) is 0. The Bertz CT molecular complexity index is 306. The van der Waals surface area contributed by atoms with Crippen molar-refractivity contribution >= 4 is 0 Å². The molecule has 0 aromatic heterocycles. The van der Waals surface area contributed by atoms with Gasteiger partial charge in [0.05, 0.1) is 6.54 Å². The molecule has 1 rings (SSSR count). The van der Waals surface area contributed by atoms with E-state index in [9.17, 15) is 26.3 Å². The minimum absolute atomic E-state index is 0.308. The minimum atomic E-state index is -4.40. The lowest BCUT2D eigenvalue weighted by atomic mass is 9.75. The van der Waals surface area contributed by atoms with Gasteiger partial charge in [0, 0.05) is 18.0 Å². The van der Waals surface area contributed by atoms with E-state index < -0.39 is 36.8 Å². The summed E-state index contributed by atoms with van der Waals surface area (Å²) < 4.78 is 75.2. The molecule has 0 spiro atoms. The highest BCUT2D eigenvalue weighted by atomic mass is 19.4. The third-order valence-electron chi connectivity index (χ3n) is 4.03. The molecule has 0 amide bonds. The zero-order chi connectivity index (χ0) is 15.1. The van der Waals surface area contributed by atoms with E-state index in [1.165, 1.54) is 13.8 Å². The van der Waals surface area contributed by atoms with Gasteiger partial charge in [0.1, 0.15) is 0 Å². The van der Waals surface area contributed by atoms with Crippen LogP contribution in [0.4, 0.5) is 26.3 Å².